The summed E-state index contributed by atoms with van der Waals surface area (Å²) in [5.74, 6) is -1.76. The average Bonchev–Trinajstić information content (AvgIpc) is 2.16. The molecule has 0 amide bonds. The number of hydrogen-bond acceptors (Lipinski definition) is 3. The largest absolute Gasteiger partial charge is 0.399 e. The maximum absolute atomic E-state index is 12.8. The summed E-state index contributed by atoms with van der Waals surface area (Å²) in [6.45, 7) is 0. The minimum absolute atomic E-state index is 0.312. The number of aromatic nitrogens is 2. The second kappa shape index (κ2) is 3.61. The van der Waals surface area contributed by atoms with Crippen molar-refractivity contribution in [2.24, 2.45) is 0 Å². The summed E-state index contributed by atoms with van der Waals surface area (Å²) in [5.41, 5.74) is 6.74. The van der Waals surface area contributed by atoms with Crippen LogP contribution in [-0.2, 0) is 0 Å². The van der Waals surface area contributed by atoms with Crippen LogP contribution in [0, 0.1) is 11.9 Å². The molecule has 3 nitrogen and oxygen atoms in total. The van der Waals surface area contributed by atoms with E-state index in [1.165, 1.54) is 12.3 Å². The lowest BCUT2D eigenvalue weighted by Gasteiger charge is -2.01. The fourth-order valence-electron chi connectivity index (χ4n) is 1.22. The topological polar surface area (TPSA) is 51.8 Å². The number of nitrogen functional groups attached to an aromatic ring is 1. The highest BCUT2D eigenvalue weighted by molar-refractivity contribution is 5.62. The first-order valence-electron chi connectivity index (χ1n) is 4.20. The number of nitrogens with two attached hydrogens (primary N) is 1. The number of hydrogen-bond donors (Lipinski definition) is 1. The van der Waals surface area contributed by atoms with Crippen molar-refractivity contribution < 1.29 is 8.78 Å². The molecule has 2 heterocycles. The molecule has 0 radical (unpaired) electrons. The van der Waals surface area contributed by atoms with Gasteiger partial charge in [-0.3, -0.25) is 4.98 Å². The SMILES string of the molecule is Nc1ccnc(-c2cc(F)nc(F)c2)c1. The minimum atomic E-state index is -0.880. The normalized spacial score (nSPS) is 10.3. The van der Waals surface area contributed by atoms with Gasteiger partial charge in [-0.05, 0) is 12.1 Å². The minimum Gasteiger partial charge on any atom is -0.399 e. The van der Waals surface area contributed by atoms with E-state index in [1.807, 2.05) is 0 Å². The molecular formula is C10H7F2N3. The van der Waals surface area contributed by atoms with Gasteiger partial charge in [-0.25, -0.2) is 0 Å². The maximum Gasteiger partial charge on any atom is 0.216 e. The van der Waals surface area contributed by atoms with Crippen molar-refractivity contribution in [3.05, 3.63) is 42.4 Å². The molecular weight excluding hydrogens is 200 g/mol. The van der Waals surface area contributed by atoms with Gasteiger partial charge >= 0.3 is 0 Å². The van der Waals surface area contributed by atoms with Crippen LogP contribution in [0.2, 0.25) is 0 Å². The van der Waals surface area contributed by atoms with Crippen LogP contribution in [0.15, 0.2) is 30.5 Å². The molecule has 0 atom stereocenters. The Bertz CT molecular complexity index is 480. The second-order valence-electron chi connectivity index (χ2n) is 2.98. The van der Waals surface area contributed by atoms with E-state index in [0.717, 1.165) is 12.1 Å². The molecule has 0 aromatic carbocycles. The number of pyridine rings is 2. The summed E-state index contributed by atoms with van der Waals surface area (Å²) in [7, 11) is 0. The molecule has 0 aliphatic rings. The van der Waals surface area contributed by atoms with Crippen LogP contribution >= 0.6 is 0 Å². The van der Waals surface area contributed by atoms with Gasteiger partial charge in [-0.2, -0.15) is 13.8 Å². The van der Waals surface area contributed by atoms with E-state index in [4.69, 9.17) is 5.73 Å². The summed E-state index contributed by atoms with van der Waals surface area (Å²) in [6.07, 6.45) is 1.47. The van der Waals surface area contributed by atoms with Crippen molar-refractivity contribution in [3.63, 3.8) is 0 Å². The summed E-state index contributed by atoms with van der Waals surface area (Å²) >= 11 is 0. The Morgan fingerprint density at radius 2 is 1.73 bits per heavy atom. The van der Waals surface area contributed by atoms with Gasteiger partial charge in [0.1, 0.15) is 0 Å². The lowest BCUT2D eigenvalue weighted by atomic mass is 10.1. The first-order chi connectivity index (χ1) is 7.15. The molecule has 0 fully saturated rings. The molecule has 0 aliphatic heterocycles. The number of rotatable bonds is 1. The zero-order valence-electron chi connectivity index (χ0n) is 7.61. The third-order valence-corrected chi connectivity index (χ3v) is 1.84. The molecule has 2 aromatic rings. The van der Waals surface area contributed by atoms with Crippen molar-refractivity contribution >= 4 is 5.69 Å². The quantitative estimate of drug-likeness (QED) is 0.727. The van der Waals surface area contributed by atoms with Gasteiger partial charge in [-0.1, -0.05) is 0 Å². The third-order valence-electron chi connectivity index (χ3n) is 1.84. The third kappa shape index (κ3) is 2.07. The Balaban J connectivity index is 2.54. The van der Waals surface area contributed by atoms with Gasteiger partial charge in [0.25, 0.3) is 0 Å². The molecule has 15 heavy (non-hydrogen) atoms. The Morgan fingerprint density at radius 1 is 1.07 bits per heavy atom. The lowest BCUT2D eigenvalue weighted by molar-refractivity contribution is 0.513. The molecule has 76 valence electrons. The van der Waals surface area contributed by atoms with Crippen LogP contribution in [0.25, 0.3) is 11.3 Å². The van der Waals surface area contributed by atoms with E-state index in [-0.39, 0.29) is 0 Å². The molecule has 2 rings (SSSR count). The van der Waals surface area contributed by atoms with Gasteiger partial charge in [0.15, 0.2) is 0 Å². The molecule has 0 aliphatic carbocycles. The molecule has 0 spiro atoms. The van der Waals surface area contributed by atoms with E-state index < -0.39 is 11.9 Å². The van der Waals surface area contributed by atoms with Crippen LogP contribution < -0.4 is 5.73 Å². The summed E-state index contributed by atoms with van der Waals surface area (Å²) in [4.78, 5) is 6.94. The predicted octanol–water partition coefficient (Wildman–Crippen LogP) is 2.00. The Morgan fingerprint density at radius 3 is 2.33 bits per heavy atom. The molecule has 2 N–H and O–H groups in total. The number of halogens is 2. The fourth-order valence-corrected chi connectivity index (χ4v) is 1.22. The fraction of sp³-hybridized carbons (Fsp3) is 0. The van der Waals surface area contributed by atoms with Crippen LogP contribution in [-0.4, -0.2) is 9.97 Å². The van der Waals surface area contributed by atoms with Crippen molar-refractivity contribution in [3.8, 4) is 11.3 Å². The zero-order chi connectivity index (χ0) is 10.8. The smallest absolute Gasteiger partial charge is 0.216 e. The van der Waals surface area contributed by atoms with Crippen LogP contribution in [0.1, 0.15) is 0 Å². The second-order valence-corrected chi connectivity index (χ2v) is 2.98. The van der Waals surface area contributed by atoms with E-state index >= 15 is 0 Å². The summed E-state index contributed by atoms with van der Waals surface area (Å²) < 4.78 is 25.6. The molecule has 2 aromatic heterocycles. The standard InChI is InChI=1S/C10H7F2N3/c11-9-3-6(4-10(12)15-9)8-5-7(13)1-2-14-8/h1-5H,(H2,13,14). The first-order valence-corrected chi connectivity index (χ1v) is 4.20. The van der Waals surface area contributed by atoms with Crippen molar-refractivity contribution in [2.45, 2.75) is 0 Å². The monoisotopic (exact) mass is 207 g/mol. The van der Waals surface area contributed by atoms with E-state index in [0.29, 0.717) is 16.9 Å². The molecule has 5 heteroatoms. The van der Waals surface area contributed by atoms with Gasteiger partial charge in [0, 0.05) is 29.6 Å². The lowest BCUT2D eigenvalue weighted by Crippen LogP contribution is -1.93. The molecule has 0 saturated carbocycles. The predicted molar refractivity (Wildman–Crippen MR) is 51.8 cm³/mol. The van der Waals surface area contributed by atoms with Gasteiger partial charge in [0.2, 0.25) is 11.9 Å². The average molecular weight is 207 g/mol. The zero-order valence-corrected chi connectivity index (χ0v) is 7.61. The van der Waals surface area contributed by atoms with E-state index in [9.17, 15) is 8.78 Å². The Labute approximate surface area is 84.6 Å². The number of anilines is 1. The molecule has 0 unspecified atom stereocenters. The van der Waals surface area contributed by atoms with Crippen LogP contribution in [0.3, 0.4) is 0 Å². The Hall–Kier alpha value is -2.04. The van der Waals surface area contributed by atoms with Crippen molar-refractivity contribution in [1.82, 2.24) is 9.97 Å². The highest BCUT2D eigenvalue weighted by atomic mass is 19.1. The van der Waals surface area contributed by atoms with Gasteiger partial charge in [0.05, 0.1) is 5.69 Å². The highest BCUT2D eigenvalue weighted by Crippen LogP contribution is 2.19. The van der Waals surface area contributed by atoms with Crippen LogP contribution in [0.5, 0.6) is 0 Å². The van der Waals surface area contributed by atoms with Crippen molar-refractivity contribution in [1.29, 1.82) is 0 Å². The van der Waals surface area contributed by atoms with Crippen molar-refractivity contribution in [2.75, 3.05) is 5.73 Å². The highest BCUT2D eigenvalue weighted by Gasteiger charge is 2.05. The van der Waals surface area contributed by atoms with Gasteiger partial charge in [-0.15, -0.1) is 0 Å². The first kappa shape index (κ1) is 9.51. The molecule has 0 saturated heterocycles. The maximum atomic E-state index is 12.8. The molecule has 0 bridgehead atoms. The van der Waals surface area contributed by atoms with Gasteiger partial charge < -0.3 is 5.73 Å². The summed E-state index contributed by atoms with van der Waals surface area (Å²) in [5, 5.41) is 0. The number of nitrogens with zero attached hydrogens (tertiary/aromatic N) is 2. The van der Waals surface area contributed by atoms with E-state index in [2.05, 4.69) is 9.97 Å². The van der Waals surface area contributed by atoms with Crippen LogP contribution in [0.4, 0.5) is 14.5 Å². The van der Waals surface area contributed by atoms with E-state index in [1.54, 1.807) is 6.07 Å². The Kier molecular flexibility index (Phi) is 2.29. The summed E-state index contributed by atoms with van der Waals surface area (Å²) in [6, 6.07) is 5.33.